The number of ether oxygens (including phenoxy) is 1. The molecule has 8 heteroatoms. The van der Waals surface area contributed by atoms with E-state index in [1.54, 1.807) is 18.3 Å². The molecule has 0 saturated carbocycles. The third-order valence-corrected chi connectivity index (χ3v) is 4.55. The molecular weight excluding hydrogens is 382 g/mol. The Kier molecular flexibility index (Phi) is 8.97. The van der Waals surface area contributed by atoms with Crippen molar-refractivity contribution < 1.29 is 4.74 Å². The number of nitrogens with zero attached hydrogens (tertiary/aromatic N) is 2. The molecular formula is C19H24ClN5OS. The van der Waals surface area contributed by atoms with Gasteiger partial charge in [0.2, 0.25) is 0 Å². The monoisotopic (exact) mass is 405 g/mol. The molecule has 1 aromatic heterocycles. The molecule has 144 valence electrons. The Balaban J connectivity index is 1.68. The number of hydrogen-bond acceptors (Lipinski definition) is 4. The minimum absolute atomic E-state index is 0.121. The van der Waals surface area contributed by atoms with Gasteiger partial charge in [0.25, 0.3) is 0 Å². The fraction of sp³-hybridized carbons (Fsp3) is 0.316. The molecule has 0 amide bonds. The lowest BCUT2D eigenvalue weighted by molar-refractivity contribution is 0.141. The minimum Gasteiger partial charge on any atom is -0.379 e. The van der Waals surface area contributed by atoms with Crippen molar-refractivity contribution in [3.8, 4) is 0 Å². The molecule has 0 radical (unpaired) electrons. The lowest BCUT2D eigenvalue weighted by Gasteiger charge is -2.24. The Morgan fingerprint density at radius 3 is 2.67 bits per heavy atom. The van der Waals surface area contributed by atoms with Crippen molar-refractivity contribution >= 4 is 34.9 Å². The summed E-state index contributed by atoms with van der Waals surface area (Å²) in [5.41, 5.74) is 7.65. The van der Waals surface area contributed by atoms with Gasteiger partial charge in [0.05, 0.1) is 23.9 Å². The van der Waals surface area contributed by atoms with E-state index in [2.05, 4.69) is 22.4 Å². The summed E-state index contributed by atoms with van der Waals surface area (Å²) < 4.78 is 5.62. The molecule has 0 spiro atoms. The lowest BCUT2D eigenvalue weighted by atomic mass is 10.2. The van der Waals surface area contributed by atoms with Gasteiger partial charge in [0.1, 0.15) is 0 Å². The van der Waals surface area contributed by atoms with E-state index in [0.29, 0.717) is 42.9 Å². The zero-order valence-corrected chi connectivity index (χ0v) is 16.6. The molecule has 27 heavy (non-hydrogen) atoms. The van der Waals surface area contributed by atoms with E-state index in [-0.39, 0.29) is 5.96 Å². The molecule has 1 aromatic carbocycles. The summed E-state index contributed by atoms with van der Waals surface area (Å²) >= 11 is 11.5. The maximum absolute atomic E-state index is 7.73. The van der Waals surface area contributed by atoms with Crippen LogP contribution in [0, 0.1) is 5.41 Å². The van der Waals surface area contributed by atoms with Crippen molar-refractivity contribution in [2.75, 3.05) is 26.3 Å². The van der Waals surface area contributed by atoms with Gasteiger partial charge in [-0.1, -0.05) is 41.9 Å². The average molecular weight is 406 g/mol. The summed E-state index contributed by atoms with van der Waals surface area (Å²) in [5.74, 6) is -0.121. The highest BCUT2D eigenvalue weighted by Gasteiger charge is 2.13. The van der Waals surface area contributed by atoms with Crippen molar-refractivity contribution in [3.63, 3.8) is 0 Å². The van der Waals surface area contributed by atoms with Crippen molar-refractivity contribution in [2.24, 2.45) is 5.73 Å². The van der Waals surface area contributed by atoms with Gasteiger partial charge in [0.15, 0.2) is 11.1 Å². The quantitative estimate of drug-likeness (QED) is 0.257. The van der Waals surface area contributed by atoms with Crippen LogP contribution in [0.25, 0.3) is 0 Å². The topological polar surface area (TPSA) is 87.3 Å². The highest BCUT2D eigenvalue weighted by molar-refractivity contribution is 7.80. The van der Waals surface area contributed by atoms with Crippen molar-refractivity contribution in [1.82, 2.24) is 15.2 Å². The molecule has 0 saturated heterocycles. The molecule has 0 aliphatic rings. The SMILES string of the molecule is N=C(N)N(CCc1ncccc1Cl)C(=S)NCCOCCc1ccccc1. The number of thiocarbonyl (C=S) groups is 1. The van der Waals surface area contributed by atoms with Gasteiger partial charge < -0.3 is 15.8 Å². The Morgan fingerprint density at radius 1 is 1.19 bits per heavy atom. The van der Waals surface area contributed by atoms with Crippen LogP contribution in [0.5, 0.6) is 0 Å². The van der Waals surface area contributed by atoms with Crippen LogP contribution in [0.3, 0.4) is 0 Å². The number of nitrogens with one attached hydrogen (secondary N) is 2. The lowest BCUT2D eigenvalue weighted by Crippen LogP contribution is -2.48. The number of halogens is 1. The van der Waals surface area contributed by atoms with Crippen LogP contribution in [0.15, 0.2) is 48.7 Å². The van der Waals surface area contributed by atoms with Crippen molar-refractivity contribution in [2.45, 2.75) is 12.8 Å². The van der Waals surface area contributed by atoms with Crippen LogP contribution in [0.1, 0.15) is 11.3 Å². The van der Waals surface area contributed by atoms with Crippen LogP contribution in [-0.2, 0) is 17.6 Å². The predicted molar refractivity (Wildman–Crippen MR) is 113 cm³/mol. The molecule has 0 unspecified atom stereocenters. The molecule has 1 heterocycles. The third-order valence-electron chi connectivity index (χ3n) is 3.84. The van der Waals surface area contributed by atoms with Crippen LogP contribution in [-0.4, -0.2) is 47.3 Å². The summed E-state index contributed by atoms with van der Waals surface area (Å²) in [5, 5.41) is 11.8. The van der Waals surface area contributed by atoms with Gasteiger partial charge in [-0.05, 0) is 36.3 Å². The highest BCUT2D eigenvalue weighted by Crippen LogP contribution is 2.13. The summed E-state index contributed by atoms with van der Waals surface area (Å²) in [4.78, 5) is 5.75. The number of hydrogen-bond donors (Lipinski definition) is 3. The fourth-order valence-electron chi connectivity index (χ4n) is 2.41. The number of rotatable bonds is 9. The van der Waals surface area contributed by atoms with Gasteiger partial charge in [-0.15, -0.1) is 0 Å². The number of aromatic nitrogens is 1. The van der Waals surface area contributed by atoms with Crippen molar-refractivity contribution in [1.29, 1.82) is 5.41 Å². The second-order valence-electron chi connectivity index (χ2n) is 5.80. The standard InChI is InChI=1S/C19H24ClN5OS/c20-16-7-4-10-23-17(16)8-12-25(18(21)22)19(27)24-11-14-26-13-9-15-5-2-1-3-6-15/h1-7,10H,8-9,11-14H2,(H3,21,22)(H,24,27). The first kappa shape index (κ1) is 21.1. The molecule has 4 N–H and O–H groups in total. The largest absolute Gasteiger partial charge is 0.379 e. The van der Waals surface area contributed by atoms with Crippen LogP contribution >= 0.6 is 23.8 Å². The third kappa shape index (κ3) is 7.50. The second-order valence-corrected chi connectivity index (χ2v) is 6.59. The summed E-state index contributed by atoms with van der Waals surface area (Å²) in [7, 11) is 0. The Labute approximate surface area is 170 Å². The van der Waals surface area contributed by atoms with E-state index in [4.69, 9.17) is 39.7 Å². The minimum atomic E-state index is -0.121. The van der Waals surface area contributed by atoms with E-state index in [9.17, 15) is 0 Å². The molecule has 2 aromatic rings. The first-order chi connectivity index (χ1) is 13.1. The molecule has 0 aliphatic carbocycles. The van der Waals surface area contributed by atoms with E-state index in [0.717, 1.165) is 12.1 Å². The van der Waals surface area contributed by atoms with Gasteiger partial charge in [-0.3, -0.25) is 15.3 Å². The summed E-state index contributed by atoms with van der Waals surface area (Å²) in [6.07, 6.45) is 3.09. The fourth-order valence-corrected chi connectivity index (χ4v) is 2.92. The van der Waals surface area contributed by atoms with Gasteiger partial charge >= 0.3 is 0 Å². The first-order valence-corrected chi connectivity index (χ1v) is 9.47. The normalized spacial score (nSPS) is 10.4. The molecule has 0 bridgehead atoms. The molecule has 0 atom stereocenters. The van der Waals surface area contributed by atoms with E-state index >= 15 is 0 Å². The number of pyridine rings is 1. The second kappa shape index (κ2) is 11.5. The average Bonchev–Trinajstić information content (AvgIpc) is 2.66. The Morgan fingerprint density at radius 2 is 1.96 bits per heavy atom. The van der Waals surface area contributed by atoms with E-state index < -0.39 is 0 Å². The van der Waals surface area contributed by atoms with Crippen molar-refractivity contribution in [3.05, 3.63) is 64.9 Å². The maximum Gasteiger partial charge on any atom is 0.194 e. The van der Waals surface area contributed by atoms with Crippen LogP contribution < -0.4 is 11.1 Å². The smallest absolute Gasteiger partial charge is 0.194 e. The van der Waals surface area contributed by atoms with Gasteiger partial charge in [-0.2, -0.15) is 0 Å². The van der Waals surface area contributed by atoms with Crippen LogP contribution in [0.4, 0.5) is 0 Å². The maximum atomic E-state index is 7.73. The van der Waals surface area contributed by atoms with E-state index in [1.165, 1.54) is 10.5 Å². The van der Waals surface area contributed by atoms with E-state index in [1.807, 2.05) is 18.2 Å². The van der Waals surface area contributed by atoms with Gasteiger partial charge in [0, 0.05) is 25.7 Å². The highest BCUT2D eigenvalue weighted by atomic mass is 35.5. The number of benzene rings is 1. The molecule has 2 rings (SSSR count). The summed E-state index contributed by atoms with van der Waals surface area (Å²) in [6, 6.07) is 13.7. The van der Waals surface area contributed by atoms with Gasteiger partial charge in [-0.25, -0.2) is 0 Å². The molecule has 0 fully saturated rings. The molecule has 6 nitrogen and oxygen atoms in total. The zero-order chi connectivity index (χ0) is 19.5. The Bertz CT molecular complexity index is 744. The summed E-state index contributed by atoms with van der Waals surface area (Å²) in [6.45, 7) is 2.13. The Hall–Kier alpha value is -2.22. The number of guanidine groups is 1. The predicted octanol–water partition coefficient (Wildman–Crippen LogP) is 2.61. The zero-order valence-electron chi connectivity index (χ0n) is 15.0. The molecule has 0 aliphatic heterocycles. The van der Waals surface area contributed by atoms with Crippen LogP contribution in [0.2, 0.25) is 5.02 Å². The first-order valence-electron chi connectivity index (χ1n) is 8.68. The number of nitrogens with two attached hydrogens (primary N) is 1.